The molecule has 4 aliphatic carbocycles. The van der Waals surface area contributed by atoms with Crippen molar-refractivity contribution < 1.29 is 29.6 Å². The summed E-state index contributed by atoms with van der Waals surface area (Å²) in [5.41, 5.74) is -2.52. The lowest BCUT2D eigenvalue weighted by Gasteiger charge is -2.48. The highest BCUT2D eigenvalue weighted by atomic mass is 16.6. The molecule has 0 amide bonds. The summed E-state index contributed by atoms with van der Waals surface area (Å²) < 4.78 is 7.46. The third-order valence-electron chi connectivity index (χ3n) is 9.27. The minimum absolute atomic E-state index is 0.0313. The lowest BCUT2D eigenvalue weighted by atomic mass is 9.59. The second kappa shape index (κ2) is 6.90. The van der Waals surface area contributed by atoms with Crippen LogP contribution in [-0.4, -0.2) is 56.1 Å². The van der Waals surface area contributed by atoms with Crippen LogP contribution in [0.3, 0.4) is 0 Å². The quantitative estimate of drug-likeness (QED) is 0.475. The largest absolute Gasteiger partial charge is 0.450 e. The number of nitrogens with zero attached hydrogens (tertiary/aromatic N) is 1. The number of aromatic nitrogens is 1. The summed E-state index contributed by atoms with van der Waals surface area (Å²) in [7, 11) is 1.72. The van der Waals surface area contributed by atoms with Crippen LogP contribution >= 0.6 is 0 Å². The van der Waals surface area contributed by atoms with Gasteiger partial charge in [-0.15, -0.1) is 0 Å². The molecule has 2 bridgehead atoms. The molecule has 2 fully saturated rings. The van der Waals surface area contributed by atoms with Crippen LogP contribution in [0.5, 0.6) is 0 Å². The second-order valence-corrected chi connectivity index (χ2v) is 11.2. The Balaban J connectivity index is 1.66. The molecule has 0 unspecified atom stereocenters. The van der Waals surface area contributed by atoms with Crippen LogP contribution in [0.4, 0.5) is 0 Å². The molecule has 5 rings (SSSR count). The molecule has 1 heterocycles. The van der Waals surface area contributed by atoms with E-state index in [1.54, 1.807) is 49.0 Å². The van der Waals surface area contributed by atoms with Crippen LogP contribution in [0.1, 0.15) is 44.6 Å². The van der Waals surface area contributed by atoms with Crippen molar-refractivity contribution in [2.24, 2.45) is 41.5 Å². The first kappa shape index (κ1) is 22.6. The maximum absolute atomic E-state index is 14.3. The first-order valence-electron chi connectivity index (χ1n) is 11.7. The number of rotatable bonds is 3. The van der Waals surface area contributed by atoms with Crippen molar-refractivity contribution in [3.05, 3.63) is 47.3 Å². The first-order chi connectivity index (χ1) is 15.4. The van der Waals surface area contributed by atoms with Gasteiger partial charge in [-0.25, -0.2) is 4.79 Å². The van der Waals surface area contributed by atoms with Crippen LogP contribution in [0, 0.1) is 34.5 Å². The molecule has 0 radical (unpaired) electrons. The van der Waals surface area contributed by atoms with Gasteiger partial charge in [-0.1, -0.05) is 32.9 Å². The van der Waals surface area contributed by atoms with Gasteiger partial charge >= 0.3 is 5.97 Å². The highest BCUT2D eigenvalue weighted by molar-refractivity contribution is 5.96. The number of esters is 1. The third-order valence-corrected chi connectivity index (χ3v) is 9.27. The van der Waals surface area contributed by atoms with Gasteiger partial charge in [-0.05, 0) is 59.8 Å². The number of fused-ring (bicyclic) bond motifs is 3. The first-order valence-corrected chi connectivity index (χ1v) is 11.7. The fourth-order valence-electron chi connectivity index (χ4n) is 7.43. The highest BCUT2D eigenvalue weighted by Gasteiger charge is 2.76. The predicted octanol–water partition coefficient (Wildman–Crippen LogP) is 2.02. The number of aryl methyl sites for hydroxylation is 1. The monoisotopic (exact) mass is 455 g/mol. The third kappa shape index (κ3) is 2.61. The van der Waals surface area contributed by atoms with E-state index in [4.69, 9.17) is 4.74 Å². The van der Waals surface area contributed by atoms with Gasteiger partial charge in [-0.2, -0.15) is 0 Å². The van der Waals surface area contributed by atoms with Gasteiger partial charge in [0.2, 0.25) is 0 Å². The van der Waals surface area contributed by atoms with Gasteiger partial charge in [0.05, 0.1) is 12.0 Å². The molecule has 7 nitrogen and oxygen atoms in total. The van der Waals surface area contributed by atoms with E-state index in [-0.39, 0.29) is 28.6 Å². The number of ketones is 1. The molecule has 8 atom stereocenters. The number of hydrogen-bond donors (Lipinski definition) is 3. The molecule has 4 aliphatic rings. The maximum Gasteiger partial charge on any atom is 0.355 e. The van der Waals surface area contributed by atoms with Crippen molar-refractivity contribution >= 4 is 11.8 Å². The van der Waals surface area contributed by atoms with Crippen molar-refractivity contribution in [2.45, 2.75) is 51.9 Å². The Labute approximate surface area is 193 Å². The molecule has 7 heteroatoms. The fraction of sp³-hybridized carbons (Fsp3) is 0.615. The molecule has 3 N–H and O–H groups in total. The van der Waals surface area contributed by atoms with Crippen LogP contribution < -0.4 is 0 Å². The number of ether oxygens (including phenoxy) is 1. The smallest absolute Gasteiger partial charge is 0.355 e. The van der Waals surface area contributed by atoms with Crippen molar-refractivity contribution in [2.75, 3.05) is 6.61 Å². The summed E-state index contributed by atoms with van der Waals surface area (Å²) in [5, 5.41) is 34.0. The molecule has 0 saturated heterocycles. The van der Waals surface area contributed by atoms with Crippen LogP contribution in [-0.2, 0) is 16.6 Å². The molecule has 1 aromatic rings. The van der Waals surface area contributed by atoms with E-state index in [0.717, 1.165) is 6.42 Å². The van der Waals surface area contributed by atoms with Crippen molar-refractivity contribution in [3.63, 3.8) is 0 Å². The fourth-order valence-corrected chi connectivity index (χ4v) is 7.43. The molecule has 2 saturated carbocycles. The Morgan fingerprint density at radius 2 is 2.03 bits per heavy atom. The van der Waals surface area contributed by atoms with E-state index >= 15 is 0 Å². The average molecular weight is 456 g/mol. The molecule has 1 aromatic heterocycles. The maximum atomic E-state index is 14.3. The predicted molar refractivity (Wildman–Crippen MR) is 120 cm³/mol. The Morgan fingerprint density at radius 3 is 2.64 bits per heavy atom. The van der Waals surface area contributed by atoms with Gasteiger partial charge in [0, 0.05) is 19.2 Å². The Hall–Kier alpha value is -2.22. The Morgan fingerprint density at radius 1 is 1.33 bits per heavy atom. The number of hydrogen-bond acceptors (Lipinski definition) is 6. The standard InChI is InChI=1S/C26H33NO6/c1-13-11-25-14(2)9-17-19(24(17,3)4)16(21(25)30)10-15(12-28)20(29)26(25,32)22(13)33-23(31)18-7-6-8-27(18)5/h6-8,10-11,14,16-17,19-20,22,28-29,32H,9,12H2,1-5H3/t14-,16+,17-,19+,20-,22+,25+,26+/m1/s1. The van der Waals surface area contributed by atoms with Gasteiger partial charge in [0.25, 0.3) is 0 Å². The summed E-state index contributed by atoms with van der Waals surface area (Å²) in [6.07, 6.45) is 3.07. The van der Waals surface area contributed by atoms with Gasteiger partial charge in [0.1, 0.15) is 11.8 Å². The molecular weight excluding hydrogens is 422 g/mol. The molecular formula is C26H33NO6. The van der Waals surface area contributed by atoms with E-state index in [1.807, 2.05) is 6.92 Å². The zero-order valence-electron chi connectivity index (χ0n) is 19.8. The Bertz CT molecular complexity index is 1100. The lowest BCUT2D eigenvalue weighted by molar-refractivity contribution is -0.190. The number of allylic oxidation sites excluding steroid dienone is 1. The van der Waals surface area contributed by atoms with E-state index in [2.05, 4.69) is 13.8 Å². The van der Waals surface area contributed by atoms with E-state index in [9.17, 15) is 24.9 Å². The minimum Gasteiger partial charge on any atom is -0.450 e. The normalized spacial score (nSPS) is 43.0. The van der Waals surface area contributed by atoms with Crippen LogP contribution in [0.2, 0.25) is 0 Å². The molecule has 0 aliphatic heterocycles. The number of aliphatic hydroxyl groups is 3. The number of Topliss-reactive ketones (excluding diaryl/α,β-unsaturated/α-hetero) is 1. The number of aliphatic hydroxyl groups excluding tert-OH is 2. The lowest BCUT2D eigenvalue weighted by Crippen LogP contribution is -2.65. The number of carbonyl (C=O) groups excluding carboxylic acids is 2. The summed E-state index contributed by atoms with van der Waals surface area (Å²) in [4.78, 5) is 27.3. The second-order valence-electron chi connectivity index (χ2n) is 11.2. The molecule has 0 aromatic carbocycles. The summed E-state index contributed by atoms with van der Waals surface area (Å²) >= 11 is 0. The van der Waals surface area contributed by atoms with Gasteiger partial charge < -0.3 is 24.6 Å². The van der Waals surface area contributed by atoms with E-state index in [1.165, 1.54) is 0 Å². The SMILES string of the molecule is CC1=C[C@]23C(=O)[C@@H](C=C(CO)[C@@H](O)[C@]2(O)[C@H]1OC(=O)c1cccn1C)[C@H]1[C@@H](C[C@H]3C)C1(C)C. The highest BCUT2D eigenvalue weighted by Crippen LogP contribution is 2.71. The average Bonchev–Trinajstić information content (AvgIpc) is 3.02. The summed E-state index contributed by atoms with van der Waals surface area (Å²) in [6.45, 7) is 7.48. The molecule has 1 spiro atoms. The Kier molecular flexibility index (Phi) is 4.72. The number of carbonyl (C=O) groups is 2. The summed E-state index contributed by atoms with van der Waals surface area (Å²) in [5.74, 6) is -1.23. The van der Waals surface area contributed by atoms with Gasteiger partial charge in [0.15, 0.2) is 17.5 Å². The summed E-state index contributed by atoms with van der Waals surface area (Å²) in [6, 6.07) is 3.33. The van der Waals surface area contributed by atoms with E-state index < -0.39 is 41.7 Å². The van der Waals surface area contributed by atoms with E-state index in [0.29, 0.717) is 17.2 Å². The molecule has 178 valence electrons. The molecule has 33 heavy (non-hydrogen) atoms. The minimum atomic E-state index is -2.11. The zero-order chi connectivity index (χ0) is 24.1. The van der Waals surface area contributed by atoms with Crippen LogP contribution in [0.15, 0.2) is 41.6 Å². The van der Waals surface area contributed by atoms with Crippen molar-refractivity contribution in [1.29, 1.82) is 0 Å². The van der Waals surface area contributed by atoms with Gasteiger partial charge in [-0.3, -0.25) is 4.79 Å². The topological polar surface area (TPSA) is 109 Å². The van der Waals surface area contributed by atoms with Crippen LogP contribution in [0.25, 0.3) is 0 Å². The van der Waals surface area contributed by atoms with Crippen molar-refractivity contribution in [1.82, 2.24) is 4.57 Å². The van der Waals surface area contributed by atoms with Crippen molar-refractivity contribution in [3.8, 4) is 0 Å². The zero-order valence-corrected chi connectivity index (χ0v) is 19.8.